The molecule has 4 rings (SSSR count). The smallest absolute Gasteiger partial charge is 0.305 e. The summed E-state index contributed by atoms with van der Waals surface area (Å²) in [7, 11) is 0. The van der Waals surface area contributed by atoms with Gasteiger partial charge >= 0.3 is 5.97 Å². The molecule has 29 heteroatoms. The molecule has 8 atom stereocenters. The van der Waals surface area contributed by atoms with Gasteiger partial charge in [-0.05, 0) is 73.2 Å². The van der Waals surface area contributed by atoms with Crippen LogP contribution >= 0.6 is 25.3 Å². The first-order chi connectivity index (χ1) is 37.5. The molecule has 0 unspecified atom stereocenters. The number of carbonyl (C=O) groups excluding carboxylic acids is 9. The van der Waals surface area contributed by atoms with Crippen LogP contribution in [-0.2, 0) is 67.2 Å². The molecule has 3 aromatic carbocycles. The molecule has 1 aromatic heterocycles. The summed E-state index contributed by atoms with van der Waals surface area (Å²) in [6.45, 7) is 0.487. The summed E-state index contributed by atoms with van der Waals surface area (Å²) in [5.74, 6) is -10.6. The fourth-order valence-electron chi connectivity index (χ4n) is 7.65. The number of nitrogens with two attached hydrogens (primary N) is 4. The number of amides is 9. The largest absolute Gasteiger partial charge is 0.508 e. The molecule has 0 spiro atoms. The Morgan fingerprint density at radius 1 is 0.595 bits per heavy atom. The van der Waals surface area contributed by atoms with Crippen molar-refractivity contribution >= 4 is 101 Å². The Morgan fingerprint density at radius 3 is 1.68 bits per heavy atom. The van der Waals surface area contributed by atoms with Crippen LogP contribution in [0.25, 0.3) is 10.9 Å². The van der Waals surface area contributed by atoms with E-state index >= 15 is 0 Å². The fraction of sp³-hybridized carbons (Fsp3) is 0.380. The SMILES string of the molecule is C[C@H](NC(=O)[C@H](Cc1c[nH]c2ccccc12)NC(=O)CNC(=O)[C@H](CCCN=C(N)N)NC(=O)[C@H](CC(=O)O)NC(=O)[C@H](CS)NC(=O)[C@@H](N)Cc1ccc(O)cc1)C(=O)N[C@@H](CS)C(=O)N[C@@H](Cc1ccc(O)cc1)C(N)=O. The van der Waals surface area contributed by atoms with Crippen molar-refractivity contribution in [2.75, 3.05) is 24.6 Å². The lowest BCUT2D eigenvalue weighted by Gasteiger charge is -2.25. The van der Waals surface area contributed by atoms with Gasteiger partial charge in [0.25, 0.3) is 0 Å². The van der Waals surface area contributed by atoms with Gasteiger partial charge in [-0.1, -0.05) is 42.5 Å². The number of aromatic nitrogens is 1. The summed E-state index contributed by atoms with van der Waals surface area (Å²) in [5.41, 5.74) is 24.9. The monoisotopic (exact) mass is 1130 g/mol. The number of benzene rings is 3. The number of phenolic OH excluding ortho intramolecular Hbond substituents is 2. The predicted octanol–water partition coefficient (Wildman–Crippen LogP) is -3.66. The van der Waals surface area contributed by atoms with Crippen molar-refractivity contribution in [1.29, 1.82) is 0 Å². The summed E-state index contributed by atoms with van der Waals surface area (Å²) >= 11 is 8.31. The van der Waals surface area contributed by atoms with E-state index in [1.807, 2.05) is 0 Å². The number of guanidine groups is 1. The Morgan fingerprint density at radius 2 is 1.11 bits per heavy atom. The van der Waals surface area contributed by atoms with Gasteiger partial charge in [-0.25, -0.2) is 0 Å². The van der Waals surface area contributed by atoms with Crippen LogP contribution < -0.4 is 65.5 Å². The zero-order chi connectivity index (χ0) is 58.3. The summed E-state index contributed by atoms with van der Waals surface area (Å²) in [4.78, 5) is 139. The van der Waals surface area contributed by atoms with Crippen LogP contribution in [0.1, 0.15) is 42.9 Å². The molecular weight excluding hydrogens is 1070 g/mol. The van der Waals surface area contributed by atoms with Gasteiger partial charge in [0, 0.05) is 48.0 Å². The minimum absolute atomic E-state index is 0.00542. The number of primary amides is 1. The van der Waals surface area contributed by atoms with Crippen molar-refractivity contribution in [3.8, 4) is 11.5 Å². The molecule has 0 saturated heterocycles. The Labute approximate surface area is 463 Å². The topological polar surface area (TPSA) is 460 Å². The Bertz CT molecular complexity index is 2830. The van der Waals surface area contributed by atoms with Crippen molar-refractivity contribution in [1.82, 2.24) is 47.5 Å². The Balaban J connectivity index is 1.45. The number of phenols is 2. The van der Waals surface area contributed by atoms with Crippen LogP contribution in [0.3, 0.4) is 0 Å². The molecule has 0 saturated carbocycles. The lowest BCUT2D eigenvalue weighted by molar-refractivity contribution is -0.141. The summed E-state index contributed by atoms with van der Waals surface area (Å²) in [5, 5.41) is 49.1. The molecule has 4 aromatic rings. The number of thiol groups is 2. The molecule has 0 aliphatic carbocycles. The molecule has 0 bridgehead atoms. The maximum atomic E-state index is 14.0. The van der Waals surface area contributed by atoms with E-state index in [-0.39, 0.29) is 67.6 Å². The summed E-state index contributed by atoms with van der Waals surface area (Å²) in [6.07, 6.45) is 0.338. The number of aromatic amines is 1. The van der Waals surface area contributed by atoms with Crippen molar-refractivity contribution < 1.29 is 63.3 Å². The van der Waals surface area contributed by atoms with Gasteiger partial charge < -0.3 is 85.8 Å². The minimum atomic E-state index is -1.82. The van der Waals surface area contributed by atoms with Gasteiger partial charge in [0.15, 0.2) is 5.96 Å². The van der Waals surface area contributed by atoms with E-state index in [9.17, 15) is 63.3 Å². The number of aliphatic carboxylic acids is 1. The van der Waals surface area contributed by atoms with Gasteiger partial charge in [0.2, 0.25) is 53.2 Å². The van der Waals surface area contributed by atoms with Crippen molar-refractivity contribution in [3.05, 3.63) is 95.7 Å². The highest BCUT2D eigenvalue weighted by Gasteiger charge is 2.33. The molecule has 0 aliphatic rings. The van der Waals surface area contributed by atoms with Crippen LogP contribution in [-0.4, -0.2) is 158 Å². The number of para-hydroxylation sites is 1. The number of nitrogens with zero attached hydrogens (tertiary/aromatic N) is 1. The average molecular weight is 1140 g/mol. The van der Waals surface area contributed by atoms with E-state index in [1.54, 1.807) is 42.6 Å². The highest BCUT2D eigenvalue weighted by Crippen LogP contribution is 2.20. The van der Waals surface area contributed by atoms with Gasteiger partial charge in [-0.15, -0.1) is 0 Å². The van der Waals surface area contributed by atoms with Crippen molar-refractivity contribution in [2.24, 2.45) is 27.9 Å². The van der Waals surface area contributed by atoms with Crippen LogP contribution in [0.5, 0.6) is 11.5 Å². The van der Waals surface area contributed by atoms with Gasteiger partial charge in [0.05, 0.1) is 19.0 Å². The number of rotatable bonds is 31. The standard InChI is InChI=1S/C50H66N14O13S2/c1-25(43(71)63-38(23-78)48(76)61-35(42(52)70)18-27-10-14-30(66)15-11-27)58-46(74)36(19-28-21-56-33-6-3-2-5-31(28)33)59-40(67)22-57-45(73)34(7-4-16-55-50(53)54)60-47(75)37(20-41(68)69)62-49(77)39(24-79)64-44(72)32(51)17-26-8-12-29(65)13-9-26/h2-3,5-6,8-15,21,25,32,34-39,56,65-66,78-79H,4,7,16-20,22-24,51H2,1H3,(H2,52,70)(H,57,73)(H,58,74)(H,59,67)(H,60,75)(H,61,76)(H,62,77)(H,63,71)(H,64,72)(H,68,69)(H4,53,54,55)/t25-,32-,34-,35-,36-,37-,38-,39-/m0/s1. The molecule has 0 fully saturated rings. The molecule has 0 aliphatic heterocycles. The zero-order valence-electron chi connectivity index (χ0n) is 42.8. The molecule has 426 valence electrons. The van der Waals surface area contributed by atoms with E-state index in [4.69, 9.17) is 22.9 Å². The number of carboxylic acid groups (broad SMARTS) is 1. The Hall–Kier alpha value is -8.57. The third-order valence-electron chi connectivity index (χ3n) is 11.9. The van der Waals surface area contributed by atoms with Gasteiger partial charge in [-0.3, -0.25) is 52.9 Å². The van der Waals surface area contributed by atoms with Crippen LogP contribution in [0.2, 0.25) is 0 Å². The van der Waals surface area contributed by atoms with E-state index in [0.717, 1.165) is 0 Å². The first-order valence-corrected chi connectivity index (χ1v) is 25.8. The summed E-state index contributed by atoms with van der Waals surface area (Å²) < 4.78 is 0. The molecule has 9 amide bonds. The zero-order valence-corrected chi connectivity index (χ0v) is 44.6. The van der Waals surface area contributed by atoms with E-state index in [1.165, 1.54) is 43.3 Å². The lowest BCUT2D eigenvalue weighted by Crippen LogP contribution is -2.59. The van der Waals surface area contributed by atoms with Crippen LogP contribution in [0.15, 0.2) is 84.0 Å². The first-order valence-electron chi connectivity index (χ1n) is 24.5. The number of hydrogen-bond acceptors (Lipinski definition) is 16. The molecule has 0 radical (unpaired) electrons. The molecule has 27 nitrogen and oxygen atoms in total. The number of aliphatic imine (C=N–C) groups is 1. The number of carbonyl (C=O) groups is 10. The third-order valence-corrected chi connectivity index (χ3v) is 12.6. The van der Waals surface area contributed by atoms with Crippen LogP contribution in [0.4, 0.5) is 0 Å². The molecular formula is C50H66N14O13S2. The second-order valence-corrected chi connectivity index (χ2v) is 18.8. The molecule has 1 heterocycles. The number of aromatic hydroxyl groups is 2. The quantitative estimate of drug-likeness (QED) is 0.01000. The lowest BCUT2D eigenvalue weighted by atomic mass is 10.0. The first kappa shape index (κ1) is 63.0. The van der Waals surface area contributed by atoms with Crippen LogP contribution in [0, 0.1) is 0 Å². The number of hydrogen-bond donors (Lipinski definition) is 18. The average Bonchev–Trinajstić information content (AvgIpc) is 3.82. The van der Waals surface area contributed by atoms with E-state index in [2.05, 4.69) is 77.8 Å². The highest BCUT2D eigenvalue weighted by molar-refractivity contribution is 7.80. The minimum Gasteiger partial charge on any atom is -0.508 e. The predicted molar refractivity (Wildman–Crippen MR) is 295 cm³/mol. The normalized spacial score (nSPS) is 14.0. The van der Waals surface area contributed by atoms with E-state index in [0.29, 0.717) is 27.6 Å². The molecule has 20 N–H and O–H groups in total. The fourth-order valence-corrected chi connectivity index (χ4v) is 8.17. The maximum Gasteiger partial charge on any atom is 0.305 e. The maximum absolute atomic E-state index is 14.0. The second kappa shape index (κ2) is 31.0. The summed E-state index contributed by atoms with van der Waals surface area (Å²) in [6, 6.07) is 7.65. The van der Waals surface area contributed by atoms with E-state index < -0.39 is 120 Å². The van der Waals surface area contributed by atoms with Gasteiger partial charge in [-0.2, -0.15) is 25.3 Å². The molecule has 79 heavy (non-hydrogen) atoms. The second-order valence-electron chi connectivity index (χ2n) is 18.1. The number of H-pyrrole nitrogens is 1. The third kappa shape index (κ3) is 20.7. The van der Waals surface area contributed by atoms with Crippen molar-refractivity contribution in [2.45, 2.75) is 93.8 Å². The highest BCUT2D eigenvalue weighted by atomic mass is 32.1. The van der Waals surface area contributed by atoms with Crippen molar-refractivity contribution in [3.63, 3.8) is 0 Å². The Kier molecular flexibility index (Phi) is 24.7. The number of fused-ring (bicyclic) bond motifs is 1. The number of nitrogens with one attached hydrogen (secondary N) is 9. The number of carboxylic acids is 1. The van der Waals surface area contributed by atoms with Gasteiger partial charge in [0.1, 0.15) is 53.8 Å².